The maximum absolute atomic E-state index is 13.0. The summed E-state index contributed by atoms with van der Waals surface area (Å²) in [6, 6.07) is 7.69. The lowest BCUT2D eigenvalue weighted by Gasteiger charge is -2.33. The zero-order valence-corrected chi connectivity index (χ0v) is 13.9. The minimum absolute atomic E-state index is 0.0211. The molecule has 1 aromatic carbocycles. The van der Waals surface area contributed by atoms with Crippen LogP contribution in [0.1, 0.15) is 29.2 Å². The van der Waals surface area contributed by atoms with Gasteiger partial charge in [-0.25, -0.2) is 4.98 Å². The Morgan fingerprint density at radius 2 is 2.21 bits per heavy atom. The fourth-order valence-corrected chi connectivity index (χ4v) is 3.04. The number of carbonyl (C=O) groups is 1. The maximum atomic E-state index is 13.0. The molecule has 6 heteroatoms. The van der Waals surface area contributed by atoms with Crippen LogP contribution in [-0.2, 0) is 4.74 Å². The van der Waals surface area contributed by atoms with E-state index in [-0.39, 0.29) is 11.9 Å². The Labute approximate surface area is 142 Å². The number of amides is 1. The van der Waals surface area contributed by atoms with Crippen LogP contribution in [0.2, 0.25) is 0 Å². The fraction of sp³-hybridized carbons (Fsp3) is 0.444. The summed E-state index contributed by atoms with van der Waals surface area (Å²) in [5, 5.41) is 0. The molecule has 24 heavy (non-hydrogen) atoms. The lowest BCUT2D eigenvalue weighted by molar-refractivity contribution is 0.0672. The van der Waals surface area contributed by atoms with Crippen molar-refractivity contribution in [2.75, 3.05) is 33.4 Å². The zero-order valence-electron chi connectivity index (χ0n) is 13.9. The second-order valence-electron chi connectivity index (χ2n) is 5.89. The summed E-state index contributed by atoms with van der Waals surface area (Å²) in [5.74, 6) is 0.636. The third kappa shape index (κ3) is 3.76. The van der Waals surface area contributed by atoms with E-state index in [1.54, 1.807) is 13.3 Å². The van der Waals surface area contributed by atoms with Gasteiger partial charge in [0.1, 0.15) is 12.4 Å². The Balaban J connectivity index is 1.71. The second-order valence-corrected chi connectivity index (χ2v) is 5.89. The highest BCUT2D eigenvalue weighted by Crippen LogP contribution is 2.25. The first kappa shape index (κ1) is 16.5. The van der Waals surface area contributed by atoms with E-state index in [0.717, 1.165) is 19.4 Å². The van der Waals surface area contributed by atoms with Gasteiger partial charge in [0, 0.05) is 32.6 Å². The molecule has 2 aromatic rings. The number of piperidine rings is 1. The number of imidazole rings is 1. The van der Waals surface area contributed by atoms with Crippen LogP contribution in [0.5, 0.6) is 5.75 Å². The molecule has 128 valence electrons. The Morgan fingerprint density at radius 1 is 1.33 bits per heavy atom. The van der Waals surface area contributed by atoms with Gasteiger partial charge in [0.2, 0.25) is 0 Å². The van der Waals surface area contributed by atoms with Gasteiger partial charge in [-0.15, -0.1) is 0 Å². The van der Waals surface area contributed by atoms with Gasteiger partial charge >= 0.3 is 0 Å². The molecule has 0 bridgehead atoms. The molecule has 1 fully saturated rings. The van der Waals surface area contributed by atoms with Crippen LogP contribution in [0, 0.1) is 0 Å². The Hall–Kier alpha value is -2.34. The van der Waals surface area contributed by atoms with Crippen LogP contribution in [0.3, 0.4) is 0 Å². The Morgan fingerprint density at radius 3 is 3.00 bits per heavy atom. The van der Waals surface area contributed by atoms with Gasteiger partial charge < -0.3 is 18.9 Å². The summed E-state index contributed by atoms with van der Waals surface area (Å²) in [6.07, 6.45) is 7.61. The average molecular weight is 329 g/mol. The SMILES string of the molecule is COCCOc1ccccc1C(=O)N1CCC[C@@H](n2ccnc2)C1. The van der Waals surface area contributed by atoms with Crippen molar-refractivity contribution in [3.8, 4) is 5.75 Å². The molecule has 0 unspecified atom stereocenters. The molecule has 0 aliphatic carbocycles. The number of nitrogens with zero attached hydrogens (tertiary/aromatic N) is 3. The van der Waals surface area contributed by atoms with Crippen LogP contribution in [0.25, 0.3) is 0 Å². The van der Waals surface area contributed by atoms with Crippen LogP contribution in [0.15, 0.2) is 43.0 Å². The van der Waals surface area contributed by atoms with E-state index >= 15 is 0 Å². The fourth-order valence-electron chi connectivity index (χ4n) is 3.04. The normalized spacial score (nSPS) is 17.7. The van der Waals surface area contributed by atoms with Gasteiger partial charge in [0.05, 0.1) is 24.5 Å². The van der Waals surface area contributed by atoms with E-state index in [1.807, 2.05) is 41.7 Å². The summed E-state index contributed by atoms with van der Waals surface area (Å²) in [6.45, 7) is 2.39. The van der Waals surface area contributed by atoms with Crippen molar-refractivity contribution in [1.82, 2.24) is 14.5 Å². The number of methoxy groups -OCH3 is 1. The van der Waals surface area contributed by atoms with E-state index in [2.05, 4.69) is 9.55 Å². The van der Waals surface area contributed by atoms with Crippen molar-refractivity contribution in [3.05, 3.63) is 48.5 Å². The number of hydrogen-bond donors (Lipinski definition) is 0. The number of para-hydroxylation sites is 1. The predicted molar refractivity (Wildman–Crippen MR) is 90.2 cm³/mol. The number of ether oxygens (including phenoxy) is 2. The summed E-state index contributed by atoms with van der Waals surface area (Å²) in [7, 11) is 1.63. The summed E-state index contributed by atoms with van der Waals surface area (Å²) < 4.78 is 12.8. The van der Waals surface area contributed by atoms with Gasteiger partial charge in [-0.2, -0.15) is 0 Å². The standard InChI is InChI=1S/C18H23N3O3/c1-23-11-12-24-17-7-3-2-6-16(17)18(22)20-9-4-5-15(13-20)21-10-8-19-14-21/h2-3,6-8,10,14-15H,4-5,9,11-13H2,1H3/t15-/m1/s1. The van der Waals surface area contributed by atoms with Crippen molar-refractivity contribution < 1.29 is 14.3 Å². The van der Waals surface area contributed by atoms with E-state index in [4.69, 9.17) is 9.47 Å². The molecule has 0 radical (unpaired) electrons. The quantitative estimate of drug-likeness (QED) is 0.764. The van der Waals surface area contributed by atoms with Crippen LogP contribution < -0.4 is 4.74 Å². The number of carbonyl (C=O) groups excluding carboxylic acids is 1. The molecule has 0 N–H and O–H groups in total. The molecule has 0 spiro atoms. The van der Waals surface area contributed by atoms with Gasteiger partial charge in [0.15, 0.2) is 0 Å². The lowest BCUT2D eigenvalue weighted by Crippen LogP contribution is -2.40. The largest absolute Gasteiger partial charge is 0.490 e. The van der Waals surface area contributed by atoms with Gasteiger partial charge in [-0.05, 0) is 25.0 Å². The first-order chi connectivity index (χ1) is 11.8. The Bertz CT molecular complexity index is 657. The highest BCUT2D eigenvalue weighted by molar-refractivity contribution is 5.97. The van der Waals surface area contributed by atoms with Crippen molar-refractivity contribution in [1.29, 1.82) is 0 Å². The van der Waals surface area contributed by atoms with Crippen LogP contribution in [0.4, 0.5) is 0 Å². The Kier molecular flexibility index (Phi) is 5.48. The molecule has 1 saturated heterocycles. The maximum Gasteiger partial charge on any atom is 0.257 e. The lowest BCUT2D eigenvalue weighted by atomic mass is 10.0. The third-order valence-corrected chi connectivity index (χ3v) is 4.29. The van der Waals surface area contributed by atoms with Crippen molar-refractivity contribution in [2.45, 2.75) is 18.9 Å². The minimum atomic E-state index is 0.0211. The summed E-state index contributed by atoms with van der Waals surface area (Å²) >= 11 is 0. The molecule has 1 aliphatic heterocycles. The molecular formula is C18H23N3O3. The summed E-state index contributed by atoms with van der Waals surface area (Å²) in [5.41, 5.74) is 0.611. The highest BCUT2D eigenvalue weighted by atomic mass is 16.5. The van der Waals surface area contributed by atoms with E-state index in [0.29, 0.717) is 31.1 Å². The molecule has 1 atom stereocenters. The number of rotatable bonds is 6. The van der Waals surface area contributed by atoms with Gasteiger partial charge in [0.25, 0.3) is 5.91 Å². The van der Waals surface area contributed by atoms with Crippen LogP contribution >= 0.6 is 0 Å². The number of likely N-dealkylation sites (tertiary alicyclic amines) is 1. The van der Waals surface area contributed by atoms with E-state index in [1.165, 1.54) is 0 Å². The van der Waals surface area contributed by atoms with E-state index in [9.17, 15) is 4.79 Å². The van der Waals surface area contributed by atoms with Gasteiger partial charge in [-0.1, -0.05) is 12.1 Å². The molecule has 3 rings (SSSR count). The second kappa shape index (κ2) is 7.97. The molecule has 2 heterocycles. The minimum Gasteiger partial charge on any atom is -0.490 e. The monoisotopic (exact) mass is 329 g/mol. The third-order valence-electron chi connectivity index (χ3n) is 4.29. The topological polar surface area (TPSA) is 56.6 Å². The number of benzene rings is 1. The smallest absolute Gasteiger partial charge is 0.257 e. The van der Waals surface area contributed by atoms with Crippen molar-refractivity contribution in [2.24, 2.45) is 0 Å². The van der Waals surface area contributed by atoms with Crippen molar-refractivity contribution in [3.63, 3.8) is 0 Å². The number of aromatic nitrogens is 2. The van der Waals surface area contributed by atoms with Crippen LogP contribution in [-0.4, -0.2) is 53.8 Å². The first-order valence-corrected chi connectivity index (χ1v) is 8.27. The zero-order chi connectivity index (χ0) is 16.8. The molecule has 6 nitrogen and oxygen atoms in total. The van der Waals surface area contributed by atoms with E-state index < -0.39 is 0 Å². The van der Waals surface area contributed by atoms with Gasteiger partial charge in [-0.3, -0.25) is 4.79 Å². The molecule has 1 amide bonds. The number of hydrogen-bond acceptors (Lipinski definition) is 4. The predicted octanol–water partition coefficient (Wildman–Crippen LogP) is 2.39. The molecule has 1 aliphatic rings. The molecular weight excluding hydrogens is 306 g/mol. The first-order valence-electron chi connectivity index (χ1n) is 8.27. The average Bonchev–Trinajstić information content (AvgIpc) is 3.17. The summed E-state index contributed by atoms with van der Waals surface area (Å²) in [4.78, 5) is 19.0. The molecule has 1 aromatic heterocycles. The highest BCUT2D eigenvalue weighted by Gasteiger charge is 2.26. The molecule has 0 saturated carbocycles. The van der Waals surface area contributed by atoms with Crippen molar-refractivity contribution >= 4 is 5.91 Å².